The van der Waals surface area contributed by atoms with Gasteiger partial charge in [-0.2, -0.15) is 0 Å². The van der Waals surface area contributed by atoms with Gasteiger partial charge in [-0.1, -0.05) is 6.07 Å². The maximum atomic E-state index is 10.8. The van der Waals surface area contributed by atoms with Crippen LogP contribution in [0.25, 0.3) is 5.65 Å². The fourth-order valence-electron chi connectivity index (χ4n) is 1.60. The van der Waals surface area contributed by atoms with Crippen molar-refractivity contribution in [1.29, 1.82) is 0 Å². The van der Waals surface area contributed by atoms with E-state index >= 15 is 0 Å². The fourth-order valence-corrected chi connectivity index (χ4v) is 1.60. The van der Waals surface area contributed by atoms with Crippen LogP contribution < -0.4 is 0 Å². The third kappa shape index (κ3) is 1.90. The quantitative estimate of drug-likeness (QED) is 0.834. The van der Waals surface area contributed by atoms with Gasteiger partial charge in [-0.15, -0.1) is 0 Å². The van der Waals surface area contributed by atoms with E-state index in [0.29, 0.717) is 6.42 Å². The predicted molar refractivity (Wildman–Crippen MR) is 57.3 cm³/mol. The second-order valence-corrected chi connectivity index (χ2v) is 3.45. The van der Waals surface area contributed by atoms with Crippen LogP contribution in [0.15, 0.2) is 30.6 Å². The number of ether oxygens (including phenoxy) is 1. The lowest BCUT2D eigenvalue weighted by atomic mass is 10.2. The van der Waals surface area contributed by atoms with E-state index in [-0.39, 0.29) is 0 Å². The van der Waals surface area contributed by atoms with Crippen molar-refractivity contribution in [2.24, 2.45) is 0 Å². The van der Waals surface area contributed by atoms with Crippen molar-refractivity contribution >= 4 is 11.6 Å². The number of pyridine rings is 1. The van der Waals surface area contributed by atoms with Gasteiger partial charge in [0.2, 0.25) is 0 Å². The number of methoxy groups -OCH3 is 1. The van der Waals surface area contributed by atoms with Crippen LogP contribution in [0.2, 0.25) is 0 Å². The summed E-state index contributed by atoms with van der Waals surface area (Å²) in [4.78, 5) is 15.0. The van der Waals surface area contributed by atoms with Crippen LogP contribution in [-0.2, 0) is 16.0 Å². The van der Waals surface area contributed by atoms with Gasteiger partial charge in [-0.25, -0.2) is 9.78 Å². The minimum absolute atomic E-state index is 0.303. The molecule has 0 spiro atoms. The van der Waals surface area contributed by atoms with Gasteiger partial charge in [0.25, 0.3) is 0 Å². The molecule has 0 bridgehead atoms. The molecule has 0 aliphatic heterocycles. The number of carbonyl (C=O) groups is 1. The van der Waals surface area contributed by atoms with Crippen molar-refractivity contribution in [2.75, 3.05) is 7.11 Å². The molecule has 0 amide bonds. The molecule has 16 heavy (non-hydrogen) atoms. The van der Waals surface area contributed by atoms with Crippen LogP contribution in [0.4, 0.5) is 0 Å². The van der Waals surface area contributed by atoms with Crippen molar-refractivity contribution in [3.8, 4) is 0 Å². The van der Waals surface area contributed by atoms with Crippen molar-refractivity contribution in [3.05, 3.63) is 36.3 Å². The van der Waals surface area contributed by atoms with Crippen LogP contribution >= 0.6 is 0 Å². The highest BCUT2D eigenvalue weighted by molar-refractivity contribution is 5.72. The molecule has 0 saturated carbocycles. The summed E-state index contributed by atoms with van der Waals surface area (Å²) in [5.41, 5.74) is 1.63. The minimum atomic E-state index is -0.964. The lowest BCUT2D eigenvalue weighted by Gasteiger charge is -2.09. The second-order valence-electron chi connectivity index (χ2n) is 3.45. The number of fused-ring (bicyclic) bond motifs is 1. The molecule has 2 aromatic heterocycles. The number of nitrogens with zero attached hydrogens (tertiary/aromatic N) is 2. The standard InChI is InChI=1S/C11H12N2O3/c1-16-9(11(14)15)6-8-7-12-10-4-2-3-5-13(8)10/h2-5,7,9H,6H2,1H3,(H,14,15). The van der Waals surface area contributed by atoms with E-state index in [1.165, 1.54) is 7.11 Å². The molecule has 0 radical (unpaired) electrons. The Hall–Kier alpha value is -1.88. The Morgan fingerprint density at radius 3 is 3.12 bits per heavy atom. The van der Waals surface area contributed by atoms with E-state index in [1.54, 1.807) is 6.20 Å². The fraction of sp³-hybridized carbons (Fsp3) is 0.273. The smallest absolute Gasteiger partial charge is 0.333 e. The highest BCUT2D eigenvalue weighted by atomic mass is 16.5. The number of rotatable bonds is 4. The Bertz CT molecular complexity index is 507. The number of hydrogen-bond acceptors (Lipinski definition) is 3. The summed E-state index contributed by atoms with van der Waals surface area (Å²) in [6.07, 6.45) is 2.99. The van der Waals surface area contributed by atoms with Crippen LogP contribution in [0, 0.1) is 0 Å². The van der Waals surface area contributed by atoms with Gasteiger partial charge >= 0.3 is 5.97 Å². The van der Waals surface area contributed by atoms with Crippen molar-refractivity contribution in [1.82, 2.24) is 9.38 Å². The molecule has 0 fully saturated rings. The Morgan fingerprint density at radius 2 is 2.44 bits per heavy atom. The average Bonchev–Trinajstić information content (AvgIpc) is 2.69. The van der Waals surface area contributed by atoms with E-state index in [4.69, 9.17) is 9.84 Å². The van der Waals surface area contributed by atoms with Gasteiger partial charge in [0.05, 0.1) is 0 Å². The topological polar surface area (TPSA) is 63.8 Å². The van der Waals surface area contributed by atoms with Crippen LogP contribution in [-0.4, -0.2) is 33.7 Å². The molecule has 0 aliphatic rings. The number of carboxylic acids is 1. The monoisotopic (exact) mass is 220 g/mol. The highest BCUT2D eigenvalue weighted by Crippen LogP contribution is 2.09. The summed E-state index contributed by atoms with van der Waals surface area (Å²) in [5, 5.41) is 8.89. The van der Waals surface area contributed by atoms with E-state index in [2.05, 4.69) is 4.98 Å². The minimum Gasteiger partial charge on any atom is -0.479 e. The number of carboxylic acid groups (broad SMARTS) is 1. The summed E-state index contributed by atoms with van der Waals surface area (Å²) in [7, 11) is 1.39. The Kier molecular flexibility index (Phi) is 2.87. The zero-order chi connectivity index (χ0) is 11.5. The number of imidazole rings is 1. The van der Waals surface area contributed by atoms with Gasteiger partial charge in [-0.3, -0.25) is 0 Å². The molecule has 5 heteroatoms. The van der Waals surface area contributed by atoms with E-state index in [1.807, 2.05) is 28.8 Å². The van der Waals surface area contributed by atoms with Crippen molar-refractivity contribution in [2.45, 2.75) is 12.5 Å². The largest absolute Gasteiger partial charge is 0.479 e. The molecule has 5 nitrogen and oxygen atoms in total. The second kappa shape index (κ2) is 4.32. The molecule has 1 unspecified atom stereocenters. The average molecular weight is 220 g/mol. The normalized spacial score (nSPS) is 12.8. The third-order valence-electron chi connectivity index (χ3n) is 2.45. The van der Waals surface area contributed by atoms with Crippen molar-refractivity contribution in [3.63, 3.8) is 0 Å². The van der Waals surface area contributed by atoms with Crippen molar-refractivity contribution < 1.29 is 14.6 Å². The van der Waals surface area contributed by atoms with Gasteiger partial charge in [-0.05, 0) is 12.1 Å². The molecule has 0 saturated heterocycles. The van der Waals surface area contributed by atoms with Crippen LogP contribution in [0.3, 0.4) is 0 Å². The summed E-state index contributed by atoms with van der Waals surface area (Å²) >= 11 is 0. The first-order valence-electron chi connectivity index (χ1n) is 4.89. The summed E-state index contributed by atoms with van der Waals surface area (Å²) in [5.74, 6) is -0.964. The molecular formula is C11H12N2O3. The van der Waals surface area contributed by atoms with E-state index in [0.717, 1.165) is 11.3 Å². The molecule has 2 heterocycles. The molecule has 84 valence electrons. The van der Waals surface area contributed by atoms with E-state index < -0.39 is 12.1 Å². The Labute approximate surface area is 92.3 Å². The SMILES string of the molecule is COC(Cc1cnc2ccccn12)C(=O)O. The maximum absolute atomic E-state index is 10.8. The summed E-state index contributed by atoms with van der Waals surface area (Å²) in [6.45, 7) is 0. The molecule has 2 rings (SSSR count). The molecule has 0 aromatic carbocycles. The molecular weight excluding hydrogens is 208 g/mol. The van der Waals surface area contributed by atoms with Gasteiger partial charge in [0.1, 0.15) is 5.65 Å². The summed E-state index contributed by atoms with van der Waals surface area (Å²) < 4.78 is 6.75. The first-order valence-corrected chi connectivity index (χ1v) is 4.89. The zero-order valence-electron chi connectivity index (χ0n) is 8.83. The van der Waals surface area contributed by atoms with Crippen LogP contribution in [0.5, 0.6) is 0 Å². The first kappa shape index (κ1) is 10.6. The third-order valence-corrected chi connectivity index (χ3v) is 2.45. The maximum Gasteiger partial charge on any atom is 0.333 e. The van der Waals surface area contributed by atoms with Gasteiger partial charge < -0.3 is 14.2 Å². The number of hydrogen-bond donors (Lipinski definition) is 1. The lowest BCUT2D eigenvalue weighted by molar-refractivity contribution is -0.148. The first-order chi connectivity index (χ1) is 7.72. The van der Waals surface area contributed by atoms with E-state index in [9.17, 15) is 4.79 Å². The zero-order valence-corrected chi connectivity index (χ0v) is 8.83. The molecule has 1 atom stereocenters. The number of aromatic nitrogens is 2. The molecule has 0 aliphatic carbocycles. The Morgan fingerprint density at radius 1 is 1.62 bits per heavy atom. The highest BCUT2D eigenvalue weighted by Gasteiger charge is 2.18. The molecule has 2 aromatic rings. The predicted octanol–water partition coefficient (Wildman–Crippen LogP) is 0.976. The van der Waals surface area contributed by atoms with Gasteiger partial charge in [0.15, 0.2) is 6.10 Å². The number of aliphatic carboxylic acids is 1. The molecule has 1 N–H and O–H groups in total. The van der Waals surface area contributed by atoms with Gasteiger partial charge in [0, 0.05) is 31.6 Å². The Balaban J connectivity index is 2.30. The van der Waals surface area contributed by atoms with Crippen LogP contribution in [0.1, 0.15) is 5.69 Å². The lowest BCUT2D eigenvalue weighted by Crippen LogP contribution is -2.25. The summed E-state index contributed by atoms with van der Waals surface area (Å²) in [6, 6.07) is 5.63.